The van der Waals surface area contributed by atoms with E-state index in [2.05, 4.69) is 17.6 Å². The standard InChI is InChI=1S/C14H24N2O3/c1-2-4-13(7-8-15-10-13)12(19)16-14(5-3-6-14)9-11(17)18/h15H,2-10H2,1H3,(H,16,19)(H,17,18). The molecule has 0 aromatic heterocycles. The molecule has 1 aliphatic carbocycles. The number of amides is 1. The summed E-state index contributed by atoms with van der Waals surface area (Å²) in [5.41, 5.74) is -0.803. The average Bonchev–Trinajstić information content (AvgIpc) is 2.75. The van der Waals surface area contributed by atoms with Gasteiger partial charge in [-0.1, -0.05) is 13.3 Å². The summed E-state index contributed by atoms with van der Waals surface area (Å²) in [4.78, 5) is 23.6. The molecule has 1 amide bonds. The molecule has 1 aliphatic heterocycles. The summed E-state index contributed by atoms with van der Waals surface area (Å²) in [6, 6.07) is 0. The quantitative estimate of drug-likeness (QED) is 0.678. The lowest BCUT2D eigenvalue weighted by Crippen LogP contribution is -2.58. The highest BCUT2D eigenvalue weighted by molar-refractivity contribution is 5.85. The molecule has 3 N–H and O–H groups in total. The largest absolute Gasteiger partial charge is 0.481 e. The van der Waals surface area contributed by atoms with Crippen molar-refractivity contribution < 1.29 is 14.7 Å². The van der Waals surface area contributed by atoms with Crippen LogP contribution in [0.15, 0.2) is 0 Å². The smallest absolute Gasteiger partial charge is 0.305 e. The summed E-state index contributed by atoms with van der Waals surface area (Å²) in [5, 5.41) is 15.3. The molecule has 5 heteroatoms. The van der Waals surface area contributed by atoms with Crippen LogP contribution in [0.2, 0.25) is 0 Å². The van der Waals surface area contributed by atoms with Crippen LogP contribution < -0.4 is 10.6 Å². The monoisotopic (exact) mass is 268 g/mol. The third kappa shape index (κ3) is 2.91. The van der Waals surface area contributed by atoms with Gasteiger partial charge in [-0.2, -0.15) is 0 Å². The molecule has 5 nitrogen and oxygen atoms in total. The van der Waals surface area contributed by atoms with Crippen molar-refractivity contribution >= 4 is 11.9 Å². The molecule has 2 rings (SSSR count). The van der Waals surface area contributed by atoms with Crippen molar-refractivity contribution in [3.63, 3.8) is 0 Å². The first-order valence-electron chi connectivity index (χ1n) is 7.27. The predicted octanol–water partition coefficient (Wildman–Crippen LogP) is 1.28. The van der Waals surface area contributed by atoms with E-state index in [1.54, 1.807) is 0 Å². The Morgan fingerprint density at radius 1 is 1.32 bits per heavy atom. The lowest BCUT2D eigenvalue weighted by molar-refractivity contribution is -0.141. The zero-order valence-electron chi connectivity index (χ0n) is 11.6. The number of carbonyl (C=O) groups excluding carboxylic acids is 1. The zero-order chi connectivity index (χ0) is 13.9. The van der Waals surface area contributed by atoms with Crippen LogP contribution >= 0.6 is 0 Å². The fraction of sp³-hybridized carbons (Fsp3) is 0.857. The van der Waals surface area contributed by atoms with E-state index >= 15 is 0 Å². The van der Waals surface area contributed by atoms with Crippen LogP contribution in [0.25, 0.3) is 0 Å². The number of carbonyl (C=O) groups is 2. The van der Waals surface area contributed by atoms with Crippen molar-refractivity contribution in [3.05, 3.63) is 0 Å². The van der Waals surface area contributed by atoms with E-state index in [0.29, 0.717) is 0 Å². The van der Waals surface area contributed by atoms with Gasteiger partial charge in [0.2, 0.25) is 5.91 Å². The Hall–Kier alpha value is -1.10. The van der Waals surface area contributed by atoms with Gasteiger partial charge in [0.05, 0.1) is 17.4 Å². The van der Waals surface area contributed by atoms with Gasteiger partial charge in [0, 0.05) is 6.54 Å². The Balaban J connectivity index is 2.04. The Morgan fingerprint density at radius 3 is 2.47 bits per heavy atom. The molecule has 1 atom stereocenters. The minimum atomic E-state index is -0.825. The summed E-state index contributed by atoms with van der Waals surface area (Å²) < 4.78 is 0. The fourth-order valence-electron chi connectivity index (χ4n) is 3.36. The Bertz CT molecular complexity index is 358. The SMILES string of the molecule is CCCC1(C(=O)NC2(CC(=O)O)CCC2)CCNC1. The molecule has 19 heavy (non-hydrogen) atoms. The maximum atomic E-state index is 12.6. The summed E-state index contributed by atoms with van der Waals surface area (Å²) in [7, 11) is 0. The number of rotatable bonds is 6. The second kappa shape index (κ2) is 5.49. The van der Waals surface area contributed by atoms with Crippen LogP contribution in [0.3, 0.4) is 0 Å². The maximum absolute atomic E-state index is 12.6. The molecule has 1 heterocycles. The molecule has 0 aromatic rings. The summed E-state index contributed by atoms with van der Waals surface area (Å²) in [6.07, 6.45) is 5.34. The van der Waals surface area contributed by atoms with E-state index in [-0.39, 0.29) is 17.7 Å². The normalized spacial score (nSPS) is 28.7. The van der Waals surface area contributed by atoms with Crippen LogP contribution in [0.5, 0.6) is 0 Å². The molecule has 0 radical (unpaired) electrons. The third-order valence-corrected chi connectivity index (χ3v) is 4.63. The van der Waals surface area contributed by atoms with Crippen molar-refractivity contribution in [3.8, 4) is 0 Å². The molecule has 1 saturated heterocycles. The van der Waals surface area contributed by atoms with Crippen molar-refractivity contribution in [2.45, 2.75) is 57.4 Å². The number of hydrogen-bond acceptors (Lipinski definition) is 3. The minimum absolute atomic E-state index is 0.0500. The van der Waals surface area contributed by atoms with E-state index in [0.717, 1.165) is 51.6 Å². The van der Waals surface area contributed by atoms with Crippen LogP contribution in [-0.2, 0) is 9.59 Å². The van der Waals surface area contributed by atoms with E-state index in [4.69, 9.17) is 5.11 Å². The first-order chi connectivity index (χ1) is 9.02. The first kappa shape index (κ1) is 14.3. The van der Waals surface area contributed by atoms with Crippen LogP contribution in [-0.4, -0.2) is 35.6 Å². The molecule has 0 spiro atoms. The number of aliphatic carboxylic acids is 1. The topological polar surface area (TPSA) is 78.4 Å². The van der Waals surface area contributed by atoms with E-state index in [1.165, 1.54) is 0 Å². The zero-order valence-corrected chi connectivity index (χ0v) is 11.6. The molecule has 1 unspecified atom stereocenters. The van der Waals surface area contributed by atoms with Crippen LogP contribution in [0.4, 0.5) is 0 Å². The van der Waals surface area contributed by atoms with Gasteiger partial charge in [0.1, 0.15) is 0 Å². The molecular formula is C14H24N2O3. The van der Waals surface area contributed by atoms with Gasteiger partial charge in [0.25, 0.3) is 0 Å². The Labute approximate surface area is 114 Å². The Kier molecular flexibility index (Phi) is 4.13. The second-order valence-corrected chi connectivity index (χ2v) is 6.12. The molecule has 2 fully saturated rings. The third-order valence-electron chi connectivity index (χ3n) is 4.63. The highest BCUT2D eigenvalue weighted by Crippen LogP contribution is 2.38. The first-order valence-corrected chi connectivity index (χ1v) is 7.27. The molecule has 108 valence electrons. The predicted molar refractivity (Wildman–Crippen MR) is 71.8 cm³/mol. The molecule has 0 bridgehead atoms. The molecular weight excluding hydrogens is 244 g/mol. The van der Waals surface area contributed by atoms with Crippen LogP contribution in [0.1, 0.15) is 51.9 Å². The summed E-state index contributed by atoms with van der Waals surface area (Å²) >= 11 is 0. The van der Waals surface area contributed by atoms with Gasteiger partial charge >= 0.3 is 5.97 Å². The van der Waals surface area contributed by atoms with Crippen molar-refractivity contribution in [2.75, 3.05) is 13.1 Å². The average molecular weight is 268 g/mol. The van der Waals surface area contributed by atoms with Gasteiger partial charge in [-0.05, 0) is 38.6 Å². The Morgan fingerprint density at radius 2 is 2.05 bits per heavy atom. The van der Waals surface area contributed by atoms with E-state index < -0.39 is 11.5 Å². The highest BCUT2D eigenvalue weighted by Gasteiger charge is 2.46. The summed E-state index contributed by atoms with van der Waals surface area (Å²) in [5.74, 6) is -0.769. The number of carboxylic acid groups (broad SMARTS) is 1. The summed E-state index contributed by atoms with van der Waals surface area (Å²) in [6.45, 7) is 3.68. The van der Waals surface area contributed by atoms with Gasteiger partial charge in [-0.15, -0.1) is 0 Å². The van der Waals surface area contributed by atoms with Gasteiger partial charge in [0.15, 0.2) is 0 Å². The number of nitrogens with one attached hydrogen (secondary N) is 2. The lowest BCUT2D eigenvalue weighted by Gasteiger charge is -2.43. The molecule has 1 saturated carbocycles. The van der Waals surface area contributed by atoms with Crippen molar-refractivity contribution in [2.24, 2.45) is 5.41 Å². The maximum Gasteiger partial charge on any atom is 0.305 e. The number of carboxylic acids is 1. The van der Waals surface area contributed by atoms with Gasteiger partial charge < -0.3 is 15.7 Å². The highest BCUT2D eigenvalue weighted by atomic mass is 16.4. The lowest BCUT2D eigenvalue weighted by atomic mass is 9.72. The number of hydrogen-bond donors (Lipinski definition) is 3. The second-order valence-electron chi connectivity index (χ2n) is 6.12. The van der Waals surface area contributed by atoms with E-state index in [1.807, 2.05) is 0 Å². The van der Waals surface area contributed by atoms with Crippen molar-refractivity contribution in [1.82, 2.24) is 10.6 Å². The molecule has 0 aromatic carbocycles. The fourth-order valence-corrected chi connectivity index (χ4v) is 3.36. The van der Waals surface area contributed by atoms with Gasteiger partial charge in [-0.25, -0.2) is 0 Å². The molecule has 2 aliphatic rings. The van der Waals surface area contributed by atoms with E-state index in [9.17, 15) is 9.59 Å². The van der Waals surface area contributed by atoms with Gasteiger partial charge in [-0.3, -0.25) is 9.59 Å². The van der Waals surface area contributed by atoms with Crippen LogP contribution in [0, 0.1) is 5.41 Å². The minimum Gasteiger partial charge on any atom is -0.481 e. The van der Waals surface area contributed by atoms with Crippen molar-refractivity contribution in [1.29, 1.82) is 0 Å².